The molecule has 1 amide bonds. The molecule has 0 saturated carbocycles. The largest absolute Gasteiger partial charge is 0.507 e. The quantitative estimate of drug-likeness (QED) is 0.437. The molecule has 3 aromatic heterocycles. The number of aryl methyl sites for hydroxylation is 2. The molecule has 9 nitrogen and oxygen atoms in total. The first-order chi connectivity index (χ1) is 15.9. The van der Waals surface area contributed by atoms with Gasteiger partial charge in [0.05, 0.1) is 17.1 Å². The third-order valence-corrected chi connectivity index (χ3v) is 5.69. The van der Waals surface area contributed by atoms with Gasteiger partial charge in [0.2, 0.25) is 0 Å². The van der Waals surface area contributed by atoms with Gasteiger partial charge in [0, 0.05) is 55.7 Å². The van der Waals surface area contributed by atoms with Crippen LogP contribution in [0.4, 0.5) is 15.8 Å². The number of phenols is 1. The van der Waals surface area contributed by atoms with Crippen molar-refractivity contribution in [2.45, 2.75) is 33.2 Å². The molecule has 4 heterocycles. The SMILES string of the molecule is CCn1cc2c(N3CCCC3)cc(O)c(C(=O)Nc3cc(F)c4nc(C)cn4c3)c2n1.CN. The molecule has 1 fully saturated rings. The zero-order valence-electron chi connectivity index (χ0n) is 19.0. The van der Waals surface area contributed by atoms with Crippen LogP contribution in [0.1, 0.15) is 35.8 Å². The molecule has 1 saturated heterocycles. The van der Waals surface area contributed by atoms with Gasteiger partial charge in [-0.25, -0.2) is 9.37 Å². The van der Waals surface area contributed by atoms with E-state index >= 15 is 0 Å². The molecule has 10 heteroatoms. The van der Waals surface area contributed by atoms with Gasteiger partial charge in [-0.1, -0.05) is 0 Å². The fourth-order valence-electron chi connectivity index (χ4n) is 4.24. The molecule has 0 atom stereocenters. The summed E-state index contributed by atoms with van der Waals surface area (Å²) >= 11 is 0. The number of benzene rings is 1. The van der Waals surface area contributed by atoms with E-state index in [-0.39, 0.29) is 22.6 Å². The Kier molecular flexibility index (Phi) is 6.19. The molecular weight excluding hydrogens is 425 g/mol. The normalized spacial score (nSPS) is 13.4. The summed E-state index contributed by atoms with van der Waals surface area (Å²) in [6, 6.07) is 2.85. The number of rotatable bonds is 4. The Hall–Kier alpha value is -3.66. The number of carbonyl (C=O) groups excluding carboxylic acids is 1. The van der Waals surface area contributed by atoms with Crippen molar-refractivity contribution in [3.63, 3.8) is 0 Å². The maximum Gasteiger partial charge on any atom is 0.261 e. The van der Waals surface area contributed by atoms with Crippen LogP contribution in [0.15, 0.2) is 30.7 Å². The Balaban J connectivity index is 0.00000126. The molecule has 0 bridgehead atoms. The highest BCUT2D eigenvalue weighted by Crippen LogP contribution is 2.37. The molecule has 33 heavy (non-hydrogen) atoms. The van der Waals surface area contributed by atoms with Crippen LogP contribution in [-0.4, -0.2) is 50.3 Å². The Morgan fingerprint density at radius 3 is 2.64 bits per heavy atom. The summed E-state index contributed by atoms with van der Waals surface area (Å²) in [5, 5.41) is 18.8. The standard InChI is InChI=1S/C22H23FN6O2.CH5N/c1-3-29-12-15-17(27-6-4-5-7-27)9-18(30)19(20(15)26-29)22(31)25-14-8-16(23)21-24-13(2)10-28(21)11-14;1-2/h8-12,30H,3-7H2,1-2H3,(H,25,31);2H2,1H3. The Morgan fingerprint density at radius 1 is 1.21 bits per heavy atom. The zero-order valence-corrected chi connectivity index (χ0v) is 19.0. The van der Waals surface area contributed by atoms with Crippen LogP contribution in [0.5, 0.6) is 5.75 Å². The third kappa shape index (κ3) is 4.09. The number of pyridine rings is 1. The summed E-state index contributed by atoms with van der Waals surface area (Å²) in [5.74, 6) is -1.24. The second-order valence-corrected chi connectivity index (χ2v) is 7.88. The number of hydrogen-bond donors (Lipinski definition) is 3. The molecule has 174 valence electrons. The maximum atomic E-state index is 14.4. The van der Waals surface area contributed by atoms with Gasteiger partial charge >= 0.3 is 0 Å². The highest BCUT2D eigenvalue weighted by molar-refractivity contribution is 6.16. The molecule has 5 rings (SSSR count). The van der Waals surface area contributed by atoms with E-state index < -0.39 is 11.7 Å². The summed E-state index contributed by atoms with van der Waals surface area (Å²) in [6.07, 6.45) is 7.35. The molecule has 0 aliphatic carbocycles. The molecule has 0 spiro atoms. The summed E-state index contributed by atoms with van der Waals surface area (Å²) < 4.78 is 17.7. The molecule has 1 aromatic carbocycles. The highest BCUT2D eigenvalue weighted by Gasteiger charge is 2.25. The lowest BCUT2D eigenvalue weighted by molar-refractivity contribution is 0.102. The van der Waals surface area contributed by atoms with Crippen LogP contribution in [0.3, 0.4) is 0 Å². The van der Waals surface area contributed by atoms with E-state index in [0.29, 0.717) is 17.8 Å². The lowest BCUT2D eigenvalue weighted by Crippen LogP contribution is -2.19. The predicted octanol–water partition coefficient (Wildman–Crippen LogP) is 3.28. The number of anilines is 2. The summed E-state index contributed by atoms with van der Waals surface area (Å²) in [5.41, 5.74) is 7.01. The van der Waals surface area contributed by atoms with Gasteiger partial charge in [-0.05, 0) is 33.7 Å². The van der Waals surface area contributed by atoms with Crippen molar-refractivity contribution in [2.24, 2.45) is 5.73 Å². The van der Waals surface area contributed by atoms with Crippen molar-refractivity contribution in [3.8, 4) is 5.75 Å². The first-order valence-corrected chi connectivity index (χ1v) is 11.0. The minimum absolute atomic E-state index is 0.0764. The van der Waals surface area contributed by atoms with E-state index in [4.69, 9.17) is 0 Å². The summed E-state index contributed by atoms with van der Waals surface area (Å²) in [7, 11) is 1.50. The van der Waals surface area contributed by atoms with Gasteiger partial charge in [-0.2, -0.15) is 5.10 Å². The number of nitrogens with zero attached hydrogens (tertiary/aromatic N) is 5. The van der Waals surface area contributed by atoms with Crippen molar-refractivity contribution >= 4 is 33.8 Å². The van der Waals surface area contributed by atoms with Crippen LogP contribution < -0.4 is 16.0 Å². The van der Waals surface area contributed by atoms with Gasteiger partial charge in [-0.3, -0.25) is 9.48 Å². The number of aromatic nitrogens is 4. The first-order valence-electron chi connectivity index (χ1n) is 11.0. The number of imidazole rings is 1. The van der Waals surface area contributed by atoms with E-state index in [1.807, 2.05) is 13.1 Å². The number of aromatic hydroxyl groups is 1. The number of nitrogens with one attached hydrogen (secondary N) is 1. The zero-order chi connectivity index (χ0) is 23.7. The Morgan fingerprint density at radius 2 is 1.94 bits per heavy atom. The van der Waals surface area contributed by atoms with Gasteiger partial charge in [0.15, 0.2) is 11.5 Å². The van der Waals surface area contributed by atoms with Crippen molar-refractivity contribution in [2.75, 3.05) is 30.4 Å². The van der Waals surface area contributed by atoms with E-state index in [1.54, 1.807) is 30.1 Å². The minimum atomic E-state index is -0.549. The van der Waals surface area contributed by atoms with E-state index in [1.165, 1.54) is 17.5 Å². The molecule has 0 unspecified atom stereocenters. The number of carbonyl (C=O) groups is 1. The van der Waals surface area contributed by atoms with Crippen LogP contribution >= 0.6 is 0 Å². The topological polar surface area (TPSA) is 114 Å². The molecule has 1 aliphatic heterocycles. The van der Waals surface area contributed by atoms with Gasteiger partial charge in [-0.15, -0.1) is 0 Å². The molecule has 4 aromatic rings. The van der Waals surface area contributed by atoms with E-state index in [9.17, 15) is 14.3 Å². The van der Waals surface area contributed by atoms with Crippen molar-refractivity contribution in [1.29, 1.82) is 0 Å². The number of amides is 1. The Labute approximate surface area is 190 Å². The molecule has 0 radical (unpaired) electrons. The average Bonchev–Trinajstić information content (AvgIpc) is 3.53. The van der Waals surface area contributed by atoms with Gasteiger partial charge in [0.1, 0.15) is 16.8 Å². The molecular formula is C23H28FN7O2. The van der Waals surface area contributed by atoms with E-state index in [2.05, 4.69) is 26.0 Å². The molecule has 1 aliphatic rings. The fraction of sp³-hybridized carbons (Fsp3) is 0.348. The fourth-order valence-corrected chi connectivity index (χ4v) is 4.24. The first kappa shape index (κ1) is 22.5. The number of phenolic OH excluding ortho intramolecular Hbond substituents is 1. The highest BCUT2D eigenvalue weighted by atomic mass is 19.1. The van der Waals surface area contributed by atoms with Crippen LogP contribution in [0.2, 0.25) is 0 Å². The lowest BCUT2D eigenvalue weighted by Gasteiger charge is -2.20. The predicted molar refractivity (Wildman–Crippen MR) is 126 cm³/mol. The van der Waals surface area contributed by atoms with Crippen molar-refractivity contribution in [3.05, 3.63) is 47.8 Å². The van der Waals surface area contributed by atoms with Crippen LogP contribution in [-0.2, 0) is 6.54 Å². The minimum Gasteiger partial charge on any atom is -0.507 e. The smallest absolute Gasteiger partial charge is 0.261 e. The Bertz CT molecular complexity index is 1320. The average molecular weight is 454 g/mol. The van der Waals surface area contributed by atoms with Crippen LogP contribution in [0, 0.1) is 12.7 Å². The van der Waals surface area contributed by atoms with Crippen molar-refractivity contribution in [1.82, 2.24) is 19.2 Å². The van der Waals surface area contributed by atoms with Crippen LogP contribution in [0.25, 0.3) is 16.6 Å². The van der Waals surface area contributed by atoms with Gasteiger partial charge in [0.25, 0.3) is 5.91 Å². The number of halogens is 1. The number of nitrogens with two attached hydrogens (primary N) is 1. The second-order valence-electron chi connectivity index (χ2n) is 7.88. The third-order valence-electron chi connectivity index (χ3n) is 5.69. The maximum absolute atomic E-state index is 14.4. The van der Waals surface area contributed by atoms with E-state index in [0.717, 1.165) is 37.0 Å². The number of hydrogen-bond acceptors (Lipinski definition) is 6. The monoisotopic (exact) mass is 453 g/mol. The summed E-state index contributed by atoms with van der Waals surface area (Å²) in [6.45, 7) is 6.18. The van der Waals surface area contributed by atoms with Gasteiger partial charge < -0.3 is 25.5 Å². The summed E-state index contributed by atoms with van der Waals surface area (Å²) in [4.78, 5) is 19.5. The lowest BCUT2D eigenvalue weighted by atomic mass is 10.1. The van der Waals surface area contributed by atoms with Crippen molar-refractivity contribution < 1.29 is 14.3 Å². The molecule has 4 N–H and O–H groups in total. The number of fused-ring (bicyclic) bond motifs is 2. The second kappa shape index (κ2) is 9.07.